The molecule has 6 heteroatoms. The summed E-state index contributed by atoms with van der Waals surface area (Å²) in [6.45, 7) is 5.06. The van der Waals surface area contributed by atoms with E-state index in [1.807, 2.05) is 37.3 Å². The second-order valence-electron chi connectivity index (χ2n) is 11.0. The fourth-order valence-electron chi connectivity index (χ4n) is 6.62. The first-order valence-electron chi connectivity index (χ1n) is 13.3. The fourth-order valence-corrected chi connectivity index (χ4v) is 6.62. The molecule has 0 radical (unpaired) electrons. The Morgan fingerprint density at radius 2 is 1.77 bits per heavy atom. The van der Waals surface area contributed by atoms with Crippen LogP contribution in [0.3, 0.4) is 0 Å². The number of ether oxygens (including phenoxy) is 1. The number of rotatable bonds is 6. The Bertz CT molecular complexity index is 1040. The normalized spacial score (nSPS) is 27.6. The molecule has 6 rings (SSSR count). The number of amides is 1. The summed E-state index contributed by atoms with van der Waals surface area (Å²) in [6, 6.07) is 14.1. The molecule has 4 fully saturated rings. The number of nitrogens with zero attached hydrogens (tertiary/aromatic N) is 2. The summed E-state index contributed by atoms with van der Waals surface area (Å²) in [4.78, 5) is 31.1. The fraction of sp³-hybridized carbons (Fsp3) is 0.552. The van der Waals surface area contributed by atoms with Crippen LogP contribution in [0.2, 0.25) is 0 Å². The van der Waals surface area contributed by atoms with Gasteiger partial charge in [-0.25, -0.2) is 4.98 Å². The Kier molecular flexibility index (Phi) is 6.92. The molecule has 4 heterocycles. The van der Waals surface area contributed by atoms with Crippen LogP contribution in [0.4, 0.5) is 5.82 Å². The van der Waals surface area contributed by atoms with Crippen molar-refractivity contribution in [2.24, 2.45) is 5.92 Å². The van der Waals surface area contributed by atoms with E-state index in [1.165, 1.54) is 12.8 Å². The van der Waals surface area contributed by atoms with E-state index in [2.05, 4.69) is 22.4 Å². The highest BCUT2D eigenvalue weighted by atomic mass is 16.5. The van der Waals surface area contributed by atoms with Crippen molar-refractivity contribution in [3.8, 4) is 0 Å². The van der Waals surface area contributed by atoms with Crippen LogP contribution in [0.15, 0.2) is 48.7 Å². The highest BCUT2D eigenvalue weighted by Gasteiger charge is 2.51. The van der Waals surface area contributed by atoms with Crippen molar-refractivity contribution in [3.05, 3.63) is 59.8 Å². The lowest BCUT2D eigenvalue weighted by Crippen LogP contribution is -2.66. The van der Waals surface area contributed by atoms with E-state index >= 15 is 0 Å². The first-order valence-corrected chi connectivity index (χ1v) is 13.3. The lowest BCUT2D eigenvalue weighted by molar-refractivity contribution is -0.939. The summed E-state index contributed by atoms with van der Waals surface area (Å²) in [5, 5.41) is 2.97. The van der Waals surface area contributed by atoms with E-state index in [1.54, 1.807) is 6.20 Å². The minimum atomic E-state index is -0.539. The zero-order valence-electron chi connectivity index (χ0n) is 20.9. The number of esters is 1. The van der Waals surface area contributed by atoms with Gasteiger partial charge < -0.3 is 14.5 Å². The van der Waals surface area contributed by atoms with Crippen molar-refractivity contribution in [3.63, 3.8) is 0 Å². The molecular formula is C29H38N3O3+. The summed E-state index contributed by atoms with van der Waals surface area (Å²) >= 11 is 0. The third-order valence-corrected chi connectivity index (χ3v) is 8.64. The van der Waals surface area contributed by atoms with Crippen molar-refractivity contribution >= 4 is 17.7 Å². The SMILES string of the molecule is Cc1ccnc(NC(=O)C[N+]23CCC(CC2)[C@@H](OC(=O)C2(c4ccccc4)CCCCCC2)C3)c1. The summed E-state index contributed by atoms with van der Waals surface area (Å²) in [6.07, 6.45) is 9.82. The van der Waals surface area contributed by atoms with Crippen LogP contribution in [-0.4, -0.2) is 53.6 Å². The van der Waals surface area contributed by atoms with Gasteiger partial charge in [0, 0.05) is 25.0 Å². The smallest absolute Gasteiger partial charge is 0.317 e. The average Bonchev–Trinajstić information content (AvgIpc) is 3.12. The highest BCUT2D eigenvalue weighted by Crippen LogP contribution is 2.42. The van der Waals surface area contributed by atoms with Gasteiger partial charge in [0.1, 0.15) is 12.4 Å². The number of piperidine rings is 3. The van der Waals surface area contributed by atoms with Gasteiger partial charge in [-0.3, -0.25) is 9.59 Å². The van der Waals surface area contributed by atoms with Crippen LogP contribution in [0.5, 0.6) is 0 Å². The Hall–Kier alpha value is -2.73. The van der Waals surface area contributed by atoms with Crippen LogP contribution < -0.4 is 5.32 Å². The summed E-state index contributed by atoms with van der Waals surface area (Å²) in [7, 11) is 0. The molecule has 2 aromatic rings. The largest absolute Gasteiger partial charge is 0.455 e. The molecule has 1 aromatic heterocycles. The molecule has 4 aliphatic rings. The van der Waals surface area contributed by atoms with Gasteiger partial charge in [0.2, 0.25) is 0 Å². The maximum atomic E-state index is 13.9. The van der Waals surface area contributed by atoms with Crippen LogP contribution >= 0.6 is 0 Å². The number of pyridine rings is 1. The number of carbonyl (C=O) groups is 2. The lowest BCUT2D eigenvalue weighted by Gasteiger charge is -2.52. The molecule has 0 spiro atoms. The molecule has 1 N–H and O–H groups in total. The zero-order chi connectivity index (χ0) is 24.3. The van der Waals surface area contributed by atoms with Gasteiger partial charge in [0.05, 0.1) is 18.5 Å². The van der Waals surface area contributed by atoms with Crippen molar-refractivity contribution < 1.29 is 18.8 Å². The minimum absolute atomic E-state index is 0.0157. The molecule has 3 aliphatic heterocycles. The van der Waals surface area contributed by atoms with Gasteiger partial charge in [0.15, 0.2) is 12.6 Å². The Labute approximate surface area is 208 Å². The van der Waals surface area contributed by atoms with Gasteiger partial charge in [-0.15, -0.1) is 0 Å². The van der Waals surface area contributed by atoms with E-state index in [0.29, 0.717) is 22.8 Å². The van der Waals surface area contributed by atoms with E-state index < -0.39 is 5.41 Å². The molecule has 35 heavy (non-hydrogen) atoms. The van der Waals surface area contributed by atoms with E-state index in [4.69, 9.17) is 4.74 Å². The van der Waals surface area contributed by atoms with Crippen molar-refractivity contribution in [1.29, 1.82) is 0 Å². The molecular weight excluding hydrogens is 438 g/mol. The number of fused-ring (bicyclic) bond motifs is 3. The average molecular weight is 477 g/mol. The second kappa shape index (κ2) is 10.1. The van der Waals surface area contributed by atoms with Gasteiger partial charge in [0.25, 0.3) is 5.91 Å². The van der Waals surface area contributed by atoms with Gasteiger partial charge in [-0.05, 0) is 43.0 Å². The van der Waals surface area contributed by atoms with Crippen LogP contribution in [-0.2, 0) is 19.7 Å². The van der Waals surface area contributed by atoms with Gasteiger partial charge in [-0.2, -0.15) is 0 Å². The summed E-state index contributed by atoms with van der Waals surface area (Å²) < 4.78 is 7.12. The summed E-state index contributed by atoms with van der Waals surface area (Å²) in [5.74, 6) is 0.939. The van der Waals surface area contributed by atoms with E-state index in [0.717, 1.165) is 69.3 Å². The maximum absolute atomic E-state index is 13.9. The molecule has 2 bridgehead atoms. The van der Waals surface area contributed by atoms with E-state index in [-0.39, 0.29) is 18.0 Å². The third kappa shape index (κ3) is 5.13. The number of anilines is 1. The molecule has 6 nitrogen and oxygen atoms in total. The molecule has 186 valence electrons. The number of benzene rings is 1. The third-order valence-electron chi connectivity index (χ3n) is 8.64. The number of carbonyl (C=O) groups excluding carboxylic acids is 2. The first-order chi connectivity index (χ1) is 17.0. The number of hydrogen-bond acceptors (Lipinski definition) is 4. The number of quaternary nitrogens is 1. The zero-order valence-corrected chi connectivity index (χ0v) is 20.9. The number of aryl methyl sites for hydroxylation is 1. The Morgan fingerprint density at radius 1 is 1.06 bits per heavy atom. The van der Waals surface area contributed by atoms with Crippen LogP contribution in [0.25, 0.3) is 0 Å². The van der Waals surface area contributed by atoms with E-state index in [9.17, 15) is 9.59 Å². The predicted octanol–water partition coefficient (Wildman–Crippen LogP) is 4.77. The minimum Gasteiger partial charge on any atom is -0.455 e. The van der Waals surface area contributed by atoms with Crippen molar-refractivity contribution in [2.45, 2.75) is 69.8 Å². The lowest BCUT2D eigenvalue weighted by atomic mass is 9.74. The molecule has 1 amide bonds. The predicted molar refractivity (Wildman–Crippen MR) is 136 cm³/mol. The number of hydrogen-bond donors (Lipinski definition) is 1. The summed E-state index contributed by atoms with van der Waals surface area (Å²) in [5.41, 5.74) is 1.63. The quantitative estimate of drug-likeness (QED) is 0.370. The van der Waals surface area contributed by atoms with Crippen molar-refractivity contribution in [1.82, 2.24) is 4.98 Å². The Balaban J connectivity index is 1.29. The molecule has 0 unspecified atom stereocenters. The first kappa shape index (κ1) is 24.0. The standard InChI is InChI=1S/C29H37N3O3/c1-22-11-16-30-26(19-22)31-27(33)21-32-17-12-23(13-18-32)25(20-32)35-28(34)29(14-7-2-3-8-15-29)24-9-5-4-6-10-24/h4-6,9-11,16,19,23,25H,2-3,7-8,12-15,17-18,20-21H2,1H3/p+1/t23?,25-,32?/m0/s1. The van der Waals surface area contributed by atoms with Gasteiger partial charge in [-0.1, -0.05) is 56.0 Å². The molecule has 1 aliphatic carbocycles. The number of aromatic nitrogens is 1. The molecule has 1 aromatic carbocycles. The molecule has 1 saturated carbocycles. The second-order valence-corrected chi connectivity index (χ2v) is 11.0. The maximum Gasteiger partial charge on any atom is 0.317 e. The molecule has 1 atom stereocenters. The monoisotopic (exact) mass is 476 g/mol. The highest BCUT2D eigenvalue weighted by molar-refractivity contribution is 5.90. The van der Waals surface area contributed by atoms with Crippen LogP contribution in [0, 0.1) is 12.8 Å². The molecule has 3 saturated heterocycles. The number of nitrogens with one attached hydrogen (secondary N) is 1. The van der Waals surface area contributed by atoms with Crippen LogP contribution in [0.1, 0.15) is 62.5 Å². The topological polar surface area (TPSA) is 68.3 Å². The van der Waals surface area contributed by atoms with Crippen molar-refractivity contribution in [2.75, 3.05) is 31.5 Å². The van der Waals surface area contributed by atoms with Gasteiger partial charge >= 0.3 is 5.97 Å². The Morgan fingerprint density at radius 3 is 2.46 bits per heavy atom.